The number of aromatic nitrogens is 3. The van der Waals surface area contributed by atoms with Gasteiger partial charge in [-0.2, -0.15) is 4.98 Å². The van der Waals surface area contributed by atoms with Gasteiger partial charge < -0.3 is 24.5 Å². The first-order chi connectivity index (χ1) is 19.4. The van der Waals surface area contributed by atoms with E-state index in [1.54, 1.807) is 38.3 Å². The summed E-state index contributed by atoms with van der Waals surface area (Å²) in [6.45, 7) is 2.05. The van der Waals surface area contributed by atoms with Crippen LogP contribution in [-0.4, -0.2) is 39.2 Å². The average molecular weight is 556 g/mol. The fourth-order valence-corrected chi connectivity index (χ4v) is 5.09. The molecular formula is C30H26ClN5O4. The highest BCUT2D eigenvalue weighted by atomic mass is 35.5. The highest BCUT2D eigenvalue weighted by Gasteiger charge is 2.51. The molecule has 0 radical (unpaired) electrons. The summed E-state index contributed by atoms with van der Waals surface area (Å²) in [6, 6.07) is 22.5. The summed E-state index contributed by atoms with van der Waals surface area (Å²) in [6.07, 6.45) is 1.18. The summed E-state index contributed by atoms with van der Waals surface area (Å²) in [5.41, 5.74) is 2.88. The van der Waals surface area contributed by atoms with E-state index in [4.69, 9.17) is 20.9 Å². The van der Waals surface area contributed by atoms with Gasteiger partial charge in [-0.05, 0) is 54.8 Å². The Balaban J connectivity index is 1.18. The lowest BCUT2D eigenvalue weighted by atomic mass is 10.1. The van der Waals surface area contributed by atoms with E-state index in [1.807, 2.05) is 53.1 Å². The fourth-order valence-electron chi connectivity index (χ4n) is 4.76. The van der Waals surface area contributed by atoms with E-state index in [0.717, 1.165) is 22.2 Å². The lowest BCUT2D eigenvalue weighted by Crippen LogP contribution is -2.48. The highest BCUT2D eigenvalue weighted by Crippen LogP contribution is 2.39. The van der Waals surface area contributed by atoms with Crippen molar-refractivity contribution in [2.75, 3.05) is 7.11 Å². The normalized spacial score (nSPS) is 13.7. The smallest absolute Gasteiger partial charge is 0.252 e. The Labute approximate surface area is 235 Å². The number of carbonyl (C=O) groups excluding carboxylic acids is 2. The Morgan fingerprint density at radius 2 is 1.85 bits per heavy atom. The zero-order valence-corrected chi connectivity index (χ0v) is 22.7. The van der Waals surface area contributed by atoms with Crippen molar-refractivity contribution in [3.63, 3.8) is 0 Å². The summed E-state index contributed by atoms with van der Waals surface area (Å²) in [5.74, 6) is 0.926. The summed E-state index contributed by atoms with van der Waals surface area (Å²) in [5, 5.41) is 11.4. The zero-order chi connectivity index (χ0) is 27.9. The zero-order valence-electron chi connectivity index (χ0n) is 21.9. The van der Waals surface area contributed by atoms with Crippen molar-refractivity contribution in [1.29, 1.82) is 0 Å². The molecule has 2 amide bonds. The number of benzene rings is 3. The molecule has 3 aromatic carbocycles. The van der Waals surface area contributed by atoms with Gasteiger partial charge in [0.2, 0.25) is 17.6 Å². The van der Waals surface area contributed by atoms with E-state index < -0.39 is 5.54 Å². The summed E-state index contributed by atoms with van der Waals surface area (Å²) in [7, 11) is 1.54. The Kier molecular flexibility index (Phi) is 6.51. The van der Waals surface area contributed by atoms with Gasteiger partial charge in [0.15, 0.2) is 0 Å². The number of hydrogen-bond acceptors (Lipinski definition) is 6. The molecule has 202 valence electrons. The van der Waals surface area contributed by atoms with E-state index in [9.17, 15) is 9.59 Å². The fraction of sp³-hybridized carbons (Fsp3) is 0.200. The van der Waals surface area contributed by atoms with Gasteiger partial charge in [-0.3, -0.25) is 9.59 Å². The molecule has 40 heavy (non-hydrogen) atoms. The van der Waals surface area contributed by atoms with Gasteiger partial charge in [0.1, 0.15) is 17.0 Å². The minimum Gasteiger partial charge on any atom is -0.497 e. The van der Waals surface area contributed by atoms with Crippen LogP contribution >= 0.6 is 11.6 Å². The number of nitrogens with zero attached hydrogens (tertiary/aromatic N) is 3. The predicted molar refractivity (Wildman–Crippen MR) is 151 cm³/mol. The minimum absolute atomic E-state index is 0.203. The average Bonchev–Trinajstić information content (AvgIpc) is 3.55. The molecule has 10 heteroatoms. The molecule has 0 unspecified atom stereocenters. The van der Waals surface area contributed by atoms with Crippen LogP contribution in [0.2, 0.25) is 5.02 Å². The second-order valence-corrected chi connectivity index (χ2v) is 10.1. The number of rotatable bonds is 8. The quantitative estimate of drug-likeness (QED) is 0.271. The Hall–Kier alpha value is -4.63. The van der Waals surface area contributed by atoms with Gasteiger partial charge in [-0.1, -0.05) is 53.2 Å². The van der Waals surface area contributed by atoms with Gasteiger partial charge in [0.25, 0.3) is 5.91 Å². The molecule has 2 N–H and O–H groups in total. The van der Waals surface area contributed by atoms with Crippen LogP contribution < -0.4 is 15.4 Å². The van der Waals surface area contributed by atoms with Gasteiger partial charge >= 0.3 is 0 Å². The molecule has 9 nitrogen and oxygen atoms in total. The molecule has 1 fully saturated rings. The van der Waals surface area contributed by atoms with Crippen molar-refractivity contribution in [3.8, 4) is 23.0 Å². The second-order valence-electron chi connectivity index (χ2n) is 9.77. The molecule has 2 aromatic heterocycles. The highest BCUT2D eigenvalue weighted by molar-refractivity contribution is 6.38. The summed E-state index contributed by atoms with van der Waals surface area (Å²) >= 11 is 6.78. The van der Waals surface area contributed by atoms with Crippen molar-refractivity contribution in [1.82, 2.24) is 25.3 Å². The minimum atomic E-state index is -0.890. The lowest BCUT2D eigenvalue weighted by molar-refractivity contribution is -0.124. The number of fused-ring (bicyclic) bond motifs is 1. The molecule has 5 aromatic rings. The number of halogens is 1. The number of nitrogens with one attached hydrogen (secondary N) is 2. The van der Waals surface area contributed by atoms with E-state index in [1.165, 1.54) is 0 Å². The number of hydrogen-bond donors (Lipinski definition) is 2. The predicted octanol–water partition coefficient (Wildman–Crippen LogP) is 5.23. The first-order valence-corrected chi connectivity index (χ1v) is 13.2. The molecule has 0 aliphatic heterocycles. The summed E-state index contributed by atoms with van der Waals surface area (Å²) in [4.78, 5) is 30.2. The van der Waals surface area contributed by atoms with Crippen LogP contribution in [0.1, 0.15) is 34.7 Å². The van der Waals surface area contributed by atoms with Crippen LogP contribution in [0, 0.1) is 6.92 Å². The van der Waals surface area contributed by atoms with Gasteiger partial charge in [0, 0.05) is 30.1 Å². The first kappa shape index (κ1) is 25.6. The van der Waals surface area contributed by atoms with Crippen LogP contribution in [0.5, 0.6) is 5.75 Å². The third-order valence-electron chi connectivity index (χ3n) is 7.07. The number of carbonyl (C=O) groups is 2. The molecule has 1 aliphatic carbocycles. The van der Waals surface area contributed by atoms with Crippen LogP contribution in [0.25, 0.3) is 28.1 Å². The van der Waals surface area contributed by atoms with Crippen LogP contribution in [0.15, 0.2) is 77.3 Å². The maximum absolute atomic E-state index is 13.0. The molecule has 0 spiro atoms. The Morgan fingerprint density at radius 1 is 1.07 bits per heavy atom. The number of para-hydroxylation sites is 1. The molecule has 1 saturated carbocycles. The van der Waals surface area contributed by atoms with Gasteiger partial charge in [-0.25, -0.2) is 0 Å². The number of aryl methyl sites for hydroxylation is 1. The molecular weight excluding hydrogens is 530 g/mol. The standard InChI is InChI=1S/C30H26ClN5O4/c1-18-33-27(35-40-18)26-25(31)23-8-3-4-9-24(23)36(26)21-12-10-19(11-13-21)17-32-29(38)30(14-15-30)34-28(37)20-6-5-7-22(16-20)39-2/h3-13,16H,14-15,17H2,1-2H3,(H,32,38)(H,34,37). The molecule has 6 rings (SSSR count). The van der Waals surface area contributed by atoms with Crippen LogP contribution in [0.3, 0.4) is 0 Å². The summed E-state index contributed by atoms with van der Waals surface area (Å²) < 4.78 is 12.4. The Bertz CT molecular complexity index is 1740. The molecule has 0 bridgehead atoms. The van der Waals surface area contributed by atoms with E-state index in [-0.39, 0.29) is 11.8 Å². The maximum Gasteiger partial charge on any atom is 0.252 e. The van der Waals surface area contributed by atoms with Crippen LogP contribution in [-0.2, 0) is 11.3 Å². The molecule has 0 atom stereocenters. The van der Waals surface area contributed by atoms with Crippen molar-refractivity contribution in [3.05, 3.63) is 94.8 Å². The van der Waals surface area contributed by atoms with Crippen molar-refractivity contribution < 1.29 is 18.8 Å². The van der Waals surface area contributed by atoms with Crippen molar-refractivity contribution in [2.45, 2.75) is 31.8 Å². The van der Waals surface area contributed by atoms with Crippen molar-refractivity contribution >= 4 is 34.3 Å². The third kappa shape index (κ3) is 4.69. The Morgan fingerprint density at radius 3 is 2.55 bits per heavy atom. The monoisotopic (exact) mass is 555 g/mol. The maximum atomic E-state index is 13.0. The molecule has 1 aliphatic rings. The molecule has 0 saturated heterocycles. The molecule has 2 heterocycles. The largest absolute Gasteiger partial charge is 0.497 e. The second kappa shape index (κ2) is 10.2. The number of ether oxygens (including phenoxy) is 1. The number of amides is 2. The van der Waals surface area contributed by atoms with E-state index >= 15 is 0 Å². The van der Waals surface area contributed by atoms with Crippen LogP contribution in [0.4, 0.5) is 0 Å². The lowest BCUT2D eigenvalue weighted by Gasteiger charge is -2.18. The topological polar surface area (TPSA) is 111 Å². The van der Waals surface area contributed by atoms with Gasteiger partial charge in [0.05, 0.1) is 17.6 Å². The van der Waals surface area contributed by atoms with E-state index in [2.05, 4.69) is 20.8 Å². The van der Waals surface area contributed by atoms with Crippen molar-refractivity contribution in [2.24, 2.45) is 0 Å². The first-order valence-electron chi connectivity index (χ1n) is 12.8. The SMILES string of the molecule is COc1cccc(C(=O)NC2(C(=O)NCc3ccc(-n4c(-c5noc(C)n5)c(Cl)c5ccccc54)cc3)CC2)c1. The van der Waals surface area contributed by atoms with E-state index in [0.29, 0.717) is 53.1 Å². The number of methoxy groups -OCH3 is 1. The third-order valence-corrected chi connectivity index (χ3v) is 7.45. The van der Waals surface area contributed by atoms with Gasteiger partial charge in [-0.15, -0.1) is 0 Å².